The van der Waals surface area contributed by atoms with Crippen molar-refractivity contribution >= 4 is 28.5 Å². The maximum Gasteiger partial charge on any atom is 0.196 e. The number of hydrogen-bond acceptors (Lipinski definition) is 5. The first-order valence-electron chi connectivity index (χ1n) is 4.62. The number of aromatic nitrogens is 1. The zero-order chi connectivity index (χ0) is 10.3. The minimum absolute atomic E-state index is 0.107. The molecule has 1 aliphatic heterocycles. The number of carbonyl (C=O) groups is 1. The van der Waals surface area contributed by atoms with E-state index in [1.165, 1.54) is 0 Å². The third-order valence-electron chi connectivity index (χ3n) is 2.26. The summed E-state index contributed by atoms with van der Waals surface area (Å²) >= 11 is 3.27. The first-order valence-corrected chi connectivity index (χ1v) is 6.32. The van der Waals surface area contributed by atoms with Gasteiger partial charge in [0.1, 0.15) is 10.7 Å². The molecular formula is C10H8N2OS2. The van der Waals surface area contributed by atoms with E-state index in [4.69, 9.17) is 0 Å². The van der Waals surface area contributed by atoms with Gasteiger partial charge in [-0.25, -0.2) is 4.98 Å². The smallest absolute Gasteiger partial charge is 0.196 e. The largest absolute Gasteiger partial charge is 0.305 e. The van der Waals surface area contributed by atoms with E-state index in [0.717, 1.165) is 21.3 Å². The lowest BCUT2D eigenvalue weighted by atomic mass is 10.2. The van der Waals surface area contributed by atoms with Gasteiger partial charge in [0.05, 0.1) is 11.4 Å². The Labute approximate surface area is 94.8 Å². The maximum absolute atomic E-state index is 11.6. The van der Waals surface area contributed by atoms with Crippen molar-refractivity contribution < 1.29 is 4.79 Å². The van der Waals surface area contributed by atoms with Crippen LogP contribution in [-0.2, 0) is 6.54 Å². The lowest BCUT2D eigenvalue weighted by Crippen LogP contribution is -2.28. The first kappa shape index (κ1) is 9.21. The lowest BCUT2D eigenvalue weighted by Gasteiger charge is -2.08. The number of thiophene rings is 1. The fourth-order valence-corrected chi connectivity index (χ4v) is 3.41. The van der Waals surface area contributed by atoms with Crippen molar-refractivity contribution in [3.8, 4) is 9.88 Å². The molecule has 3 rings (SSSR count). The van der Waals surface area contributed by atoms with Gasteiger partial charge in [0, 0.05) is 11.4 Å². The molecule has 5 heteroatoms. The van der Waals surface area contributed by atoms with Gasteiger partial charge in [-0.15, -0.1) is 22.7 Å². The van der Waals surface area contributed by atoms with E-state index in [-0.39, 0.29) is 5.78 Å². The summed E-state index contributed by atoms with van der Waals surface area (Å²) in [6.45, 7) is 1.19. The Balaban J connectivity index is 2.09. The molecule has 15 heavy (non-hydrogen) atoms. The molecule has 0 spiro atoms. The van der Waals surface area contributed by atoms with Gasteiger partial charge in [-0.3, -0.25) is 4.79 Å². The summed E-state index contributed by atoms with van der Waals surface area (Å²) in [5, 5.41) is 6.06. The highest BCUT2D eigenvalue weighted by Crippen LogP contribution is 2.32. The quantitative estimate of drug-likeness (QED) is 0.825. The second-order valence-corrected chi connectivity index (χ2v) is 5.33. The van der Waals surface area contributed by atoms with Crippen LogP contribution in [0.1, 0.15) is 15.4 Å². The van der Waals surface area contributed by atoms with Crippen molar-refractivity contribution in [3.05, 3.63) is 28.1 Å². The highest BCUT2D eigenvalue weighted by Gasteiger charge is 2.22. The second-order valence-electron chi connectivity index (χ2n) is 3.29. The summed E-state index contributed by atoms with van der Waals surface area (Å²) in [6, 6.07) is 4.04. The van der Waals surface area contributed by atoms with Gasteiger partial charge >= 0.3 is 0 Å². The number of rotatable bonds is 1. The Morgan fingerprint density at radius 3 is 3.07 bits per heavy atom. The Hall–Kier alpha value is -1.04. The minimum atomic E-state index is 0.107. The number of thiazole rings is 1. The third-order valence-corrected chi connectivity index (χ3v) is 4.36. The van der Waals surface area contributed by atoms with Gasteiger partial charge in [0.25, 0.3) is 0 Å². The molecule has 2 aromatic rings. The summed E-state index contributed by atoms with van der Waals surface area (Å²) in [5.74, 6) is 0.107. The molecule has 0 saturated carbocycles. The normalized spacial score (nSPS) is 15.3. The van der Waals surface area contributed by atoms with Crippen LogP contribution in [0.2, 0.25) is 0 Å². The van der Waals surface area contributed by atoms with E-state index in [1.54, 1.807) is 22.7 Å². The number of Topliss-reactive ketones (excluding diaryl/α,β-unsaturated/α-hetero) is 1. The molecule has 2 aromatic heterocycles. The predicted molar refractivity (Wildman–Crippen MR) is 61.5 cm³/mol. The van der Waals surface area contributed by atoms with Crippen LogP contribution in [0.15, 0.2) is 17.5 Å². The van der Waals surface area contributed by atoms with Crippen LogP contribution in [0, 0.1) is 0 Å². The van der Waals surface area contributed by atoms with E-state index in [1.807, 2.05) is 17.5 Å². The number of nitrogens with one attached hydrogen (secondary N) is 1. The molecule has 3 heterocycles. The van der Waals surface area contributed by atoms with Gasteiger partial charge < -0.3 is 5.32 Å². The zero-order valence-electron chi connectivity index (χ0n) is 7.82. The molecule has 0 aromatic carbocycles. The fraction of sp³-hybridized carbons (Fsp3) is 0.200. The average molecular weight is 236 g/mol. The van der Waals surface area contributed by atoms with Crippen LogP contribution in [0.3, 0.4) is 0 Å². The molecule has 0 unspecified atom stereocenters. The molecule has 0 radical (unpaired) electrons. The Morgan fingerprint density at radius 1 is 1.40 bits per heavy atom. The van der Waals surface area contributed by atoms with Crippen molar-refractivity contribution in [1.82, 2.24) is 10.3 Å². The number of nitrogens with zero attached hydrogens (tertiary/aromatic N) is 1. The van der Waals surface area contributed by atoms with E-state index in [2.05, 4.69) is 10.3 Å². The lowest BCUT2D eigenvalue weighted by molar-refractivity contribution is 0.0978. The Kier molecular flexibility index (Phi) is 2.16. The van der Waals surface area contributed by atoms with Gasteiger partial charge in [-0.2, -0.15) is 0 Å². The topological polar surface area (TPSA) is 42.0 Å². The molecular weight excluding hydrogens is 228 g/mol. The summed E-state index contributed by atoms with van der Waals surface area (Å²) in [7, 11) is 0. The van der Waals surface area contributed by atoms with E-state index in [0.29, 0.717) is 12.2 Å². The van der Waals surface area contributed by atoms with E-state index in [9.17, 15) is 4.79 Å². The molecule has 0 saturated heterocycles. The fourth-order valence-electron chi connectivity index (χ4n) is 1.57. The molecule has 0 bridgehead atoms. The highest BCUT2D eigenvalue weighted by atomic mass is 32.1. The average Bonchev–Trinajstić information content (AvgIpc) is 2.86. The maximum atomic E-state index is 11.6. The molecule has 1 N–H and O–H groups in total. The molecule has 0 fully saturated rings. The number of ketones is 1. The van der Waals surface area contributed by atoms with Crippen molar-refractivity contribution in [2.45, 2.75) is 6.54 Å². The van der Waals surface area contributed by atoms with Crippen LogP contribution >= 0.6 is 22.7 Å². The molecule has 76 valence electrons. The van der Waals surface area contributed by atoms with Crippen LogP contribution in [0.25, 0.3) is 9.88 Å². The Morgan fingerprint density at radius 2 is 2.33 bits per heavy atom. The predicted octanol–water partition coefficient (Wildman–Crippen LogP) is 2.16. The van der Waals surface area contributed by atoms with Crippen LogP contribution < -0.4 is 5.32 Å². The van der Waals surface area contributed by atoms with Crippen LogP contribution in [0.4, 0.5) is 0 Å². The van der Waals surface area contributed by atoms with Crippen LogP contribution in [-0.4, -0.2) is 17.3 Å². The van der Waals surface area contributed by atoms with Crippen LogP contribution in [0.5, 0.6) is 0 Å². The van der Waals surface area contributed by atoms with Crippen molar-refractivity contribution in [2.75, 3.05) is 6.54 Å². The summed E-state index contributed by atoms with van der Waals surface area (Å²) in [6.07, 6.45) is 0. The molecule has 0 amide bonds. The van der Waals surface area contributed by atoms with Crippen molar-refractivity contribution in [2.24, 2.45) is 0 Å². The van der Waals surface area contributed by atoms with E-state index >= 15 is 0 Å². The van der Waals surface area contributed by atoms with Gasteiger partial charge in [0.15, 0.2) is 5.78 Å². The van der Waals surface area contributed by atoms with Gasteiger partial charge in [-0.1, -0.05) is 6.07 Å². The summed E-state index contributed by atoms with van der Waals surface area (Å²) in [5.41, 5.74) is 0.669. The highest BCUT2D eigenvalue weighted by molar-refractivity contribution is 7.21. The number of fused-ring (bicyclic) bond motifs is 1. The number of hydrogen-bond donors (Lipinski definition) is 1. The molecule has 0 atom stereocenters. The second kappa shape index (κ2) is 3.52. The number of carbonyl (C=O) groups excluding carboxylic acids is 1. The minimum Gasteiger partial charge on any atom is -0.305 e. The van der Waals surface area contributed by atoms with Gasteiger partial charge in [-0.05, 0) is 11.4 Å². The monoisotopic (exact) mass is 236 g/mol. The zero-order valence-corrected chi connectivity index (χ0v) is 9.45. The molecule has 3 nitrogen and oxygen atoms in total. The van der Waals surface area contributed by atoms with Gasteiger partial charge in [0.2, 0.25) is 0 Å². The summed E-state index contributed by atoms with van der Waals surface area (Å²) in [4.78, 5) is 18.2. The standard InChI is InChI=1S/C10H8N2OS2/c13-6-4-11-5-8-9(6)12-10(15-8)7-2-1-3-14-7/h1-3,11H,4-5H2. The third kappa shape index (κ3) is 1.52. The SMILES string of the molecule is O=C1CNCc2sc(-c3cccs3)nc21. The van der Waals surface area contributed by atoms with Crippen molar-refractivity contribution in [3.63, 3.8) is 0 Å². The summed E-state index contributed by atoms with van der Waals surface area (Å²) < 4.78 is 0. The molecule has 0 aliphatic carbocycles. The Bertz CT molecular complexity index is 501. The van der Waals surface area contributed by atoms with Crippen molar-refractivity contribution in [1.29, 1.82) is 0 Å². The molecule has 1 aliphatic rings. The first-order chi connectivity index (χ1) is 7.34. The van der Waals surface area contributed by atoms with E-state index < -0.39 is 0 Å².